The summed E-state index contributed by atoms with van der Waals surface area (Å²) in [7, 11) is 0. The zero-order valence-corrected chi connectivity index (χ0v) is 15.1. The molecule has 0 fully saturated rings. The average molecular weight is 392 g/mol. The molecule has 5 rings (SSSR count). The molecule has 0 aliphatic carbocycles. The Hall–Kier alpha value is -3.66. The molecule has 0 radical (unpaired) electrons. The number of hydrogen-bond acceptors (Lipinski definition) is 8. The molecular formula is C18H12N6O3S. The van der Waals surface area contributed by atoms with Gasteiger partial charge in [0.15, 0.2) is 5.76 Å². The molecule has 0 amide bonds. The Morgan fingerprint density at radius 3 is 2.86 bits per heavy atom. The molecule has 4 aromatic heterocycles. The number of aromatic nitrogens is 6. The van der Waals surface area contributed by atoms with Crippen LogP contribution in [-0.4, -0.2) is 30.0 Å². The largest absolute Gasteiger partial charge is 0.463 e. The van der Waals surface area contributed by atoms with Crippen molar-refractivity contribution in [2.24, 2.45) is 0 Å². The van der Waals surface area contributed by atoms with Crippen LogP contribution in [0.1, 0.15) is 5.89 Å². The minimum absolute atomic E-state index is 0.334. The van der Waals surface area contributed by atoms with Gasteiger partial charge in [0, 0.05) is 11.6 Å². The lowest BCUT2D eigenvalue weighted by Gasteiger charge is -2.00. The fraction of sp³-hybridized carbons (Fsp3) is 0.0556. The van der Waals surface area contributed by atoms with Crippen molar-refractivity contribution in [2.45, 2.75) is 10.9 Å². The van der Waals surface area contributed by atoms with E-state index in [2.05, 4.69) is 25.4 Å². The Balaban J connectivity index is 1.42. The predicted octanol–water partition coefficient (Wildman–Crippen LogP) is 3.02. The lowest BCUT2D eigenvalue weighted by Crippen LogP contribution is -2.13. The highest BCUT2D eigenvalue weighted by Gasteiger charge is 2.15. The number of rotatable bonds is 5. The summed E-state index contributed by atoms with van der Waals surface area (Å²) in [6.07, 6.45) is 1.55. The molecule has 0 aliphatic rings. The van der Waals surface area contributed by atoms with Crippen LogP contribution in [0.2, 0.25) is 0 Å². The van der Waals surface area contributed by atoms with Crippen molar-refractivity contribution in [3.63, 3.8) is 0 Å². The van der Waals surface area contributed by atoms with Gasteiger partial charge in [-0.15, -0.1) is 5.10 Å². The first-order valence-corrected chi connectivity index (χ1v) is 9.29. The molecule has 4 heterocycles. The van der Waals surface area contributed by atoms with E-state index >= 15 is 0 Å². The molecule has 0 atom stereocenters. The predicted molar refractivity (Wildman–Crippen MR) is 101 cm³/mol. The van der Waals surface area contributed by atoms with Gasteiger partial charge in [-0.3, -0.25) is 4.79 Å². The first kappa shape index (κ1) is 16.5. The Labute approximate surface area is 161 Å². The number of fused-ring (bicyclic) bond motifs is 1. The third kappa shape index (κ3) is 2.99. The van der Waals surface area contributed by atoms with Crippen molar-refractivity contribution < 1.29 is 8.94 Å². The molecule has 0 bridgehead atoms. The number of benzene rings is 1. The highest BCUT2D eigenvalue weighted by Crippen LogP contribution is 2.24. The number of nitrogens with one attached hydrogen (secondary N) is 1. The summed E-state index contributed by atoms with van der Waals surface area (Å²) in [6, 6.07) is 14.8. The van der Waals surface area contributed by atoms with Crippen molar-refractivity contribution >= 4 is 17.3 Å². The van der Waals surface area contributed by atoms with Crippen LogP contribution in [0.15, 0.2) is 73.7 Å². The lowest BCUT2D eigenvalue weighted by atomic mass is 10.2. The topological polar surface area (TPSA) is 115 Å². The molecule has 5 aromatic rings. The maximum atomic E-state index is 12.1. The summed E-state index contributed by atoms with van der Waals surface area (Å²) >= 11 is 1.32. The lowest BCUT2D eigenvalue weighted by molar-refractivity contribution is 0.391. The van der Waals surface area contributed by atoms with Crippen molar-refractivity contribution in [2.75, 3.05) is 0 Å². The number of nitrogens with zero attached hydrogens (tertiary/aromatic N) is 5. The molecule has 138 valence electrons. The molecule has 9 nitrogen and oxygen atoms in total. The van der Waals surface area contributed by atoms with Gasteiger partial charge >= 0.3 is 0 Å². The summed E-state index contributed by atoms with van der Waals surface area (Å²) in [5.74, 6) is 1.92. The third-order valence-electron chi connectivity index (χ3n) is 3.97. The second-order valence-corrected chi connectivity index (χ2v) is 6.75. The van der Waals surface area contributed by atoms with Crippen molar-refractivity contribution in [1.82, 2.24) is 30.0 Å². The summed E-state index contributed by atoms with van der Waals surface area (Å²) in [5, 5.41) is 15.5. The minimum atomic E-state index is -0.334. The highest BCUT2D eigenvalue weighted by atomic mass is 32.2. The minimum Gasteiger partial charge on any atom is -0.463 e. The van der Waals surface area contributed by atoms with Crippen LogP contribution in [0.25, 0.3) is 28.4 Å². The number of thioether (sulfide) groups is 1. The van der Waals surface area contributed by atoms with Gasteiger partial charge in [0.05, 0.1) is 12.0 Å². The van der Waals surface area contributed by atoms with Crippen LogP contribution in [0.3, 0.4) is 0 Å². The third-order valence-corrected chi connectivity index (χ3v) is 4.89. The Morgan fingerprint density at radius 1 is 1.14 bits per heavy atom. The highest BCUT2D eigenvalue weighted by molar-refractivity contribution is 7.98. The normalized spacial score (nSPS) is 11.3. The van der Waals surface area contributed by atoms with Crippen LogP contribution in [0.5, 0.6) is 0 Å². The second-order valence-electron chi connectivity index (χ2n) is 5.81. The van der Waals surface area contributed by atoms with Crippen LogP contribution in [0, 0.1) is 0 Å². The van der Waals surface area contributed by atoms with E-state index in [0.717, 1.165) is 5.56 Å². The quantitative estimate of drug-likeness (QED) is 0.454. The molecule has 0 spiro atoms. The molecule has 0 aliphatic heterocycles. The molecule has 0 saturated carbocycles. The van der Waals surface area contributed by atoms with E-state index in [1.54, 1.807) is 24.5 Å². The van der Waals surface area contributed by atoms with Gasteiger partial charge in [-0.1, -0.05) is 47.3 Å². The molecule has 1 N–H and O–H groups in total. The van der Waals surface area contributed by atoms with Gasteiger partial charge in [0.25, 0.3) is 5.56 Å². The maximum Gasteiger partial charge on any atom is 0.290 e. The van der Waals surface area contributed by atoms with Crippen LogP contribution in [-0.2, 0) is 5.75 Å². The van der Waals surface area contributed by atoms with E-state index in [4.69, 9.17) is 8.94 Å². The van der Waals surface area contributed by atoms with Crippen molar-refractivity contribution in [3.05, 3.63) is 71.0 Å². The van der Waals surface area contributed by atoms with E-state index < -0.39 is 0 Å². The van der Waals surface area contributed by atoms with E-state index in [9.17, 15) is 4.79 Å². The summed E-state index contributed by atoms with van der Waals surface area (Å²) in [5.41, 5.74) is 1.47. The smallest absolute Gasteiger partial charge is 0.290 e. The molecule has 0 unspecified atom stereocenters. The Bertz CT molecular complexity index is 1290. The first-order chi connectivity index (χ1) is 13.8. The summed E-state index contributed by atoms with van der Waals surface area (Å²) in [4.78, 5) is 16.5. The molecule has 0 saturated heterocycles. The zero-order chi connectivity index (χ0) is 18.9. The first-order valence-electron chi connectivity index (χ1n) is 8.31. The van der Waals surface area contributed by atoms with Crippen LogP contribution >= 0.6 is 11.8 Å². The summed E-state index contributed by atoms with van der Waals surface area (Å²) in [6.45, 7) is 0. The van der Waals surface area contributed by atoms with Gasteiger partial charge in [-0.25, -0.2) is 9.61 Å². The molecular weight excluding hydrogens is 380 g/mol. The van der Waals surface area contributed by atoms with E-state index in [-0.39, 0.29) is 5.56 Å². The van der Waals surface area contributed by atoms with E-state index in [1.165, 1.54) is 16.3 Å². The van der Waals surface area contributed by atoms with Crippen LogP contribution in [0.4, 0.5) is 0 Å². The molecule has 1 aromatic carbocycles. The number of furan rings is 1. The van der Waals surface area contributed by atoms with E-state index in [1.807, 2.05) is 30.3 Å². The monoisotopic (exact) mass is 392 g/mol. The van der Waals surface area contributed by atoms with Gasteiger partial charge in [-0.2, -0.15) is 10.1 Å². The van der Waals surface area contributed by atoms with E-state index in [0.29, 0.717) is 39.6 Å². The Morgan fingerprint density at radius 2 is 2.04 bits per heavy atom. The second kappa shape index (κ2) is 6.82. The molecule has 10 heteroatoms. The van der Waals surface area contributed by atoms with Gasteiger partial charge in [-0.05, 0) is 12.1 Å². The van der Waals surface area contributed by atoms with Gasteiger partial charge in [0.2, 0.25) is 16.9 Å². The zero-order valence-electron chi connectivity index (χ0n) is 14.3. The van der Waals surface area contributed by atoms with Gasteiger partial charge < -0.3 is 8.94 Å². The molecule has 28 heavy (non-hydrogen) atoms. The number of hydrogen-bond donors (Lipinski definition) is 1. The number of aromatic amines is 1. The van der Waals surface area contributed by atoms with Crippen molar-refractivity contribution in [3.8, 4) is 22.8 Å². The number of H-pyrrole nitrogens is 1. The SMILES string of the molecule is O=c1[nH]nc(SCc2nc(-c3ccccc3)no2)n2nc(-c3ccco3)cc12. The van der Waals surface area contributed by atoms with Crippen molar-refractivity contribution in [1.29, 1.82) is 0 Å². The van der Waals surface area contributed by atoms with Crippen LogP contribution < -0.4 is 5.56 Å². The van der Waals surface area contributed by atoms with Gasteiger partial charge in [0.1, 0.15) is 11.2 Å². The summed E-state index contributed by atoms with van der Waals surface area (Å²) < 4.78 is 12.2. The fourth-order valence-corrected chi connectivity index (χ4v) is 3.42. The standard InChI is InChI=1S/C18H12N6O3S/c25-17-13-9-12(14-7-4-8-26-14)22-24(13)18(21-20-17)28-10-15-19-16(23-27-15)11-5-2-1-3-6-11/h1-9H,10H2,(H,20,25). The average Bonchev–Trinajstić information content (AvgIpc) is 3.47. The fourth-order valence-electron chi connectivity index (χ4n) is 2.67. The maximum absolute atomic E-state index is 12.1. The Kier molecular flexibility index (Phi) is 4.02.